The van der Waals surface area contributed by atoms with Gasteiger partial charge in [0.2, 0.25) is 5.95 Å². The molecule has 0 radical (unpaired) electrons. The van der Waals surface area contributed by atoms with E-state index < -0.39 is 5.92 Å². The van der Waals surface area contributed by atoms with Crippen LogP contribution in [0.1, 0.15) is 32.1 Å². The Hall–Kier alpha value is -3.21. The zero-order chi connectivity index (χ0) is 24.3. The summed E-state index contributed by atoms with van der Waals surface area (Å²) in [4.78, 5) is 13.6. The Labute approximate surface area is 202 Å². The van der Waals surface area contributed by atoms with E-state index in [2.05, 4.69) is 20.4 Å². The minimum Gasteiger partial charge on any atom is -0.493 e. The normalized spacial score (nSPS) is 18.2. The van der Waals surface area contributed by atoms with Crippen LogP contribution in [0.4, 0.5) is 26.4 Å². The topological polar surface area (TPSA) is 88.8 Å². The van der Waals surface area contributed by atoms with Crippen molar-refractivity contribution >= 4 is 28.5 Å². The van der Waals surface area contributed by atoms with Crippen LogP contribution in [0.5, 0.6) is 11.5 Å². The first kappa shape index (κ1) is 23.5. The highest BCUT2D eigenvalue weighted by molar-refractivity contribution is 5.94. The number of hydrogen-bond donors (Lipinski definition) is 1. The summed E-state index contributed by atoms with van der Waals surface area (Å²) < 4.78 is 44.1. The van der Waals surface area contributed by atoms with Crippen molar-refractivity contribution in [2.24, 2.45) is 0 Å². The van der Waals surface area contributed by atoms with E-state index in [4.69, 9.17) is 19.0 Å². The Morgan fingerprint density at radius 2 is 1.89 bits per heavy atom. The van der Waals surface area contributed by atoms with Gasteiger partial charge in [-0.05, 0) is 38.4 Å². The molecule has 4 heterocycles. The first-order valence-electron chi connectivity index (χ1n) is 12.1. The van der Waals surface area contributed by atoms with Crippen molar-refractivity contribution in [1.82, 2.24) is 20.0 Å². The number of nitrogens with zero attached hydrogens (tertiary/aromatic N) is 5. The van der Waals surface area contributed by atoms with E-state index in [-0.39, 0.29) is 25.9 Å². The van der Waals surface area contributed by atoms with Crippen LogP contribution in [-0.4, -0.2) is 72.4 Å². The predicted octanol–water partition coefficient (Wildman–Crippen LogP) is 4.47. The number of fused-ring (bicyclic) bond motifs is 1. The fourth-order valence-electron chi connectivity index (χ4n) is 4.54. The average Bonchev–Trinajstić information content (AvgIpc) is 3.56. The van der Waals surface area contributed by atoms with Gasteiger partial charge in [0.25, 0.3) is 5.92 Å². The quantitative estimate of drug-likeness (QED) is 0.438. The number of hydrogen-bond acceptors (Lipinski definition) is 9. The summed E-state index contributed by atoms with van der Waals surface area (Å²) in [5, 5.41) is 7.74. The van der Waals surface area contributed by atoms with Gasteiger partial charge in [-0.1, -0.05) is 5.16 Å². The van der Waals surface area contributed by atoms with Gasteiger partial charge in [0.1, 0.15) is 12.1 Å². The van der Waals surface area contributed by atoms with E-state index in [1.54, 1.807) is 18.1 Å². The number of methoxy groups -OCH3 is 1. The number of piperidine rings is 1. The molecule has 5 rings (SSSR count). The van der Waals surface area contributed by atoms with Crippen LogP contribution in [0.25, 0.3) is 10.9 Å². The lowest BCUT2D eigenvalue weighted by molar-refractivity contribution is -0.0222. The van der Waals surface area contributed by atoms with Gasteiger partial charge in [0, 0.05) is 50.0 Å². The molecule has 0 amide bonds. The molecule has 2 aromatic heterocycles. The van der Waals surface area contributed by atoms with Crippen molar-refractivity contribution < 1.29 is 22.8 Å². The van der Waals surface area contributed by atoms with E-state index in [0.717, 1.165) is 26.1 Å². The monoisotopic (exact) mass is 488 g/mol. The summed E-state index contributed by atoms with van der Waals surface area (Å²) in [6.45, 7) is 4.23. The van der Waals surface area contributed by atoms with Gasteiger partial charge in [-0.2, -0.15) is 4.98 Å². The van der Waals surface area contributed by atoms with Crippen molar-refractivity contribution in [2.75, 3.05) is 56.7 Å². The Morgan fingerprint density at radius 1 is 1.09 bits per heavy atom. The minimum absolute atomic E-state index is 0.178. The van der Waals surface area contributed by atoms with E-state index in [1.807, 2.05) is 12.1 Å². The Morgan fingerprint density at radius 3 is 2.60 bits per heavy atom. The zero-order valence-electron chi connectivity index (χ0n) is 19.8. The van der Waals surface area contributed by atoms with Gasteiger partial charge >= 0.3 is 0 Å². The molecule has 0 atom stereocenters. The number of benzene rings is 1. The highest BCUT2D eigenvalue weighted by Gasteiger charge is 2.35. The zero-order valence-corrected chi connectivity index (χ0v) is 19.8. The number of ether oxygens (including phenoxy) is 2. The molecule has 0 bridgehead atoms. The fourth-order valence-corrected chi connectivity index (χ4v) is 4.54. The number of alkyl halides is 2. The third-order valence-electron chi connectivity index (χ3n) is 6.51. The summed E-state index contributed by atoms with van der Waals surface area (Å²) in [6, 6.07) is 5.31. The van der Waals surface area contributed by atoms with Crippen LogP contribution in [0.3, 0.4) is 0 Å². The Balaban J connectivity index is 1.42. The van der Waals surface area contributed by atoms with Crippen LogP contribution < -0.4 is 19.7 Å². The first-order chi connectivity index (χ1) is 17.0. The van der Waals surface area contributed by atoms with Gasteiger partial charge in [-0.3, -0.25) is 0 Å². The molecule has 2 aliphatic rings. The number of rotatable bonds is 9. The van der Waals surface area contributed by atoms with Crippen molar-refractivity contribution in [3.63, 3.8) is 0 Å². The molecule has 2 saturated heterocycles. The van der Waals surface area contributed by atoms with Gasteiger partial charge in [0.15, 0.2) is 17.3 Å². The van der Waals surface area contributed by atoms with Gasteiger partial charge in [-0.15, -0.1) is 0 Å². The molecule has 2 aliphatic heterocycles. The summed E-state index contributed by atoms with van der Waals surface area (Å²) >= 11 is 0. The van der Waals surface area contributed by atoms with Crippen molar-refractivity contribution in [3.8, 4) is 11.5 Å². The van der Waals surface area contributed by atoms with E-state index in [0.29, 0.717) is 46.6 Å². The van der Waals surface area contributed by atoms with Crippen molar-refractivity contribution in [2.45, 2.75) is 38.0 Å². The molecule has 0 aliphatic carbocycles. The van der Waals surface area contributed by atoms with Crippen LogP contribution >= 0.6 is 0 Å². The lowest BCUT2D eigenvalue weighted by Gasteiger charge is -2.32. The maximum atomic E-state index is 13.7. The highest BCUT2D eigenvalue weighted by Crippen LogP contribution is 2.37. The summed E-state index contributed by atoms with van der Waals surface area (Å²) in [7, 11) is 1.59. The van der Waals surface area contributed by atoms with Gasteiger partial charge in [-0.25, -0.2) is 13.8 Å². The van der Waals surface area contributed by atoms with Crippen molar-refractivity contribution in [1.29, 1.82) is 0 Å². The van der Waals surface area contributed by atoms with Crippen molar-refractivity contribution in [3.05, 3.63) is 24.5 Å². The molecule has 1 N–H and O–H groups in total. The van der Waals surface area contributed by atoms with Crippen LogP contribution in [-0.2, 0) is 0 Å². The standard InChI is InChI=1S/C24H30F2N6O3/c1-33-19-15-17-18(16-20(19)34-13-4-10-31-8-2-3-9-31)27-23(32-11-6-24(25,26)7-12-32)29-22(17)28-21-5-14-35-30-21/h5,14-16H,2-4,6-13H2,1H3,(H,27,28,29,30). The molecule has 3 aromatic rings. The van der Waals surface area contributed by atoms with Crippen LogP contribution in [0.2, 0.25) is 0 Å². The van der Waals surface area contributed by atoms with Gasteiger partial charge < -0.3 is 29.1 Å². The largest absolute Gasteiger partial charge is 0.493 e. The third kappa shape index (κ3) is 5.55. The summed E-state index contributed by atoms with van der Waals surface area (Å²) in [6.07, 6.45) is 4.44. The van der Waals surface area contributed by atoms with Crippen LogP contribution in [0, 0.1) is 0 Å². The Bertz CT molecular complexity index is 1130. The molecule has 0 unspecified atom stereocenters. The number of likely N-dealkylation sites (tertiary alicyclic amines) is 1. The highest BCUT2D eigenvalue weighted by atomic mass is 19.3. The number of halogens is 2. The molecule has 0 spiro atoms. The molecule has 188 valence electrons. The molecular formula is C24H30F2N6O3. The Kier molecular flexibility index (Phi) is 6.85. The molecule has 0 saturated carbocycles. The third-order valence-corrected chi connectivity index (χ3v) is 6.51. The number of aromatic nitrogens is 3. The van der Waals surface area contributed by atoms with E-state index in [1.165, 1.54) is 19.1 Å². The molecule has 9 nitrogen and oxygen atoms in total. The van der Waals surface area contributed by atoms with Gasteiger partial charge in [0.05, 0.1) is 19.2 Å². The number of anilines is 3. The van der Waals surface area contributed by atoms with E-state index >= 15 is 0 Å². The molecule has 1 aromatic carbocycles. The van der Waals surface area contributed by atoms with E-state index in [9.17, 15) is 8.78 Å². The first-order valence-corrected chi connectivity index (χ1v) is 12.1. The molecule has 2 fully saturated rings. The maximum Gasteiger partial charge on any atom is 0.251 e. The number of nitrogens with one attached hydrogen (secondary N) is 1. The minimum atomic E-state index is -2.65. The molecule has 35 heavy (non-hydrogen) atoms. The second-order valence-electron chi connectivity index (χ2n) is 9.00. The lowest BCUT2D eigenvalue weighted by atomic mass is 10.1. The maximum absolute atomic E-state index is 13.7. The SMILES string of the molecule is COc1cc2c(Nc3ccon3)nc(N3CCC(F)(F)CC3)nc2cc1OCCCN1CCCC1. The van der Waals surface area contributed by atoms with Crippen LogP contribution in [0.15, 0.2) is 29.0 Å². The predicted molar refractivity (Wildman–Crippen MR) is 128 cm³/mol. The smallest absolute Gasteiger partial charge is 0.251 e. The average molecular weight is 489 g/mol. The molecular weight excluding hydrogens is 458 g/mol. The lowest BCUT2D eigenvalue weighted by Crippen LogP contribution is -2.40. The summed E-state index contributed by atoms with van der Waals surface area (Å²) in [5.74, 6) is -0.167. The second-order valence-corrected chi connectivity index (χ2v) is 9.00. The molecule has 11 heteroatoms. The second kappa shape index (κ2) is 10.2. The fraction of sp³-hybridized carbons (Fsp3) is 0.542. The summed E-state index contributed by atoms with van der Waals surface area (Å²) in [5.41, 5.74) is 0.619.